The summed E-state index contributed by atoms with van der Waals surface area (Å²) in [5.41, 5.74) is 10.7. The molecule has 4 aromatic rings. The van der Waals surface area contributed by atoms with Crippen LogP contribution < -0.4 is 0 Å². The van der Waals surface area contributed by atoms with E-state index in [2.05, 4.69) is 97.9 Å². The summed E-state index contributed by atoms with van der Waals surface area (Å²) < 4.78 is 0. The number of rotatable bonds is 4. The first-order valence-corrected chi connectivity index (χ1v) is 21.2. The van der Waals surface area contributed by atoms with Gasteiger partial charge < -0.3 is 0 Å². The summed E-state index contributed by atoms with van der Waals surface area (Å²) in [4.78, 5) is 1.10. The Hall–Kier alpha value is -2.77. The SMILES string of the molecule is Cc1c(-c2ccccc2)cccc1-c1cccc(-c2cccc(C3CC4C5CCCCC5C5CCCC6C7CCCCC7C(C3)C4C56)c2)c1S. The lowest BCUT2D eigenvalue weighted by Gasteiger charge is -2.68. The largest absolute Gasteiger partial charge is 0.142 e. The molecule has 0 aliphatic heterocycles. The fourth-order valence-corrected chi connectivity index (χ4v) is 14.7. The lowest BCUT2D eigenvalue weighted by molar-refractivity contribution is -0.189. The van der Waals surface area contributed by atoms with Crippen LogP contribution in [0.5, 0.6) is 0 Å². The van der Waals surface area contributed by atoms with Gasteiger partial charge in [0.25, 0.3) is 0 Å². The van der Waals surface area contributed by atoms with E-state index in [4.69, 9.17) is 12.6 Å². The summed E-state index contributed by atoms with van der Waals surface area (Å²) >= 11 is 5.31. The van der Waals surface area contributed by atoms with Crippen LogP contribution in [0.2, 0.25) is 0 Å². The van der Waals surface area contributed by atoms with Crippen molar-refractivity contribution in [2.45, 2.75) is 101 Å². The van der Waals surface area contributed by atoms with Crippen molar-refractivity contribution in [3.63, 3.8) is 0 Å². The van der Waals surface area contributed by atoms with E-state index in [0.29, 0.717) is 5.92 Å². The fraction of sp³-hybridized carbons (Fsp3) is 0.510. The van der Waals surface area contributed by atoms with Crippen LogP contribution in [0.1, 0.15) is 101 Å². The molecule has 4 aromatic carbocycles. The molecule has 0 aromatic heterocycles. The number of benzene rings is 4. The highest BCUT2D eigenvalue weighted by molar-refractivity contribution is 7.80. The lowest BCUT2D eigenvalue weighted by atomic mass is 9.37. The maximum absolute atomic E-state index is 5.31. The number of hydrogen-bond donors (Lipinski definition) is 1. The molecule has 0 radical (unpaired) electrons. The molecule has 0 heterocycles. The molecule has 6 saturated carbocycles. The van der Waals surface area contributed by atoms with Crippen LogP contribution in [0.4, 0.5) is 0 Å². The van der Waals surface area contributed by atoms with Gasteiger partial charge in [-0.3, -0.25) is 0 Å². The van der Waals surface area contributed by atoms with Crippen molar-refractivity contribution in [2.24, 2.45) is 59.2 Å². The molecule has 50 heavy (non-hydrogen) atoms. The normalized spacial score (nSPS) is 35.8. The quantitative estimate of drug-likeness (QED) is 0.204. The van der Waals surface area contributed by atoms with Crippen molar-refractivity contribution >= 4 is 12.6 Å². The summed E-state index contributed by atoms with van der Waals surface area (Å²) in [5, 5.41) is 0. The third-order valence-corrected chi connectivity index (χ3v) is 16.5. The summed E-state index contributed by atoms with van der Waals surface area (Å²) in [6.07, 6.45) is 19.8. The van der Waals surface area contributed by atoms with Crippen LogP contribution in [-0.4, -0.2) is 0 Å². The van der Waals surface area contributed by atoms with Gasteiger partial charge in [-0.2, -0.15) is 0 Å². The summed E-state index contributed by atoms with van der Waals surface area (Å²) in [6.45, 7) is 2.27. The highest BCUT2D eigenvalue weighted by Gasteiger charge is 2.63. The molecular weight excluding hydrogens is 621 g/mol. The molecule has 0 N–H and O–H groups in total. The van der Waals surface area contributed by atoms with Crippen LogP contribution >= 0.6 is 12.6 Å². The predicted molar refractivity (Wildman–Crippen MR) is 212 cm³/mol. The van der Waals surface area contributed by atoms with Crippen molar-refractivity contribution in [2.75, 3.05) is 0 Å². The molecule has 258 valence electrons. The maximum atomic E-state index is 5.31. The first kappa shape index (κ1) is 31.9. The Balaban J connectivity index is 1.01. The fourth-order valence-electron chi connectivity index (χ4n) is 14.3. The molecular formula is C49H56S. The number of hydrogen-bond acceptors (Lipinski definition) is 1. The van der Waals surface area contributed by atoms with Crippen LogP contribution in [0, 0.1) is 66.1 Å². The minimum atomic E-state index is 0.708. The lowest BCUT2D eigenvalue weighted by Crippen LogP contribution is -2.61. The van der Waals surface area contributed by atoms with Crippen LogP contribution in [-0.2, 0) is 0 Å². The smallest absolute Gasteiger partial charge is 0.0197 e. The first-order chi connectivity index (χ1) is 24.7. The van der Waals surface area contributed by atoms with E-state index in [0.717, 1.165) is 64.1 Å². The minimum Gasteiger partial charge on any atom is -0.142 e. The van der Waals surface area contributed by atoms with Crippen LogP contribution in [0.3, 0.4) is 0 Å². The van der Waals surface area contributed by atoms with E-state index in [-0.39, 0.29) is 0 Å². The molecule has 8 unspecified atom stereocenters. The topological polar surface area (TPSA) is 0 Å². The molecule has 6 fully saturated rings. The molecule has 1 heteroatoms. The molecule has 0 spiro atoms. The average molecular weight is 677 g/mol. The Labute approximate surface area is 307 Å². The Kier molecular flexibility index (Phi) is 8.31. The van der Waals surface area contributed by atoms with E-state index in [1.165, 1.54) is 90.3 Å². The zero-order valence-electron chi connectivity index (χ0n) is 30.2. The average Bonchev–Trinajstić information content (AvgIpc) is 3.18. The van der Waals surface area contributed by atoms with Gasteiger partial charge in [0.05, 0.1) is 0 Å². The standard InChI is InChI=1S/C49H56S/c1-30-35(31-13-3-2-4-14-31)21-10-22-36(30)44-26-11-23-37(49(44)50)33-16-9-15-32(27-33)34-28-45-40-19-7-5-17-38(40)42-24-12-25-43-39-18-6-8-20-41(39)46(29-34)48(45)47(42)43/h2-4,9-11,13-16,21-23,26-27,34,38-43,45-48,50H,5-8,12,17-20,24-25,28-29H2,1H3. The van der Waals surface area contributed by atoms with Crippen molar-refractivity contribution in [1.82, 2.24) is 0 Å². The molecule has 0 nitrogen and oxygen atoms in total. The van der Waals surface area contributed by atoms with Crippen molar-refractivity contribution in [3.05, 3.63) is 102 Å². The third kappa shape index (κ3) is 5.14. The Bertz CT molecular complexity index is 1810. The van der Waals surface area contributed by atoms with Gasteiger partial charge in [-0.1, -0.05) is 123 Å². The molecule has 6 aliphatic carbocycles. The molecule has 10 rings (SSSR count). The molecule has 0 bridgehead atoms. The number of fused-ring (bicyclic) bond motifs is 6. The Morgan fingerprint density at radius 1 is 0.440 bits per heavy atom. The van der Waals surface area contributed by atoms with E-state index in [9.17, 15) is 0 Å². The zero-order valence-corrected chi connectivity index (χ0v) is 31.0. The summed E-state index contributed by atoms with van der Waals surface area (Å²) in [7, 11) is 0. The van der Waals surface area contributed by atoms with Gasteiger partial charge in [-0.15, -0.1) is 12.6 Å². The maximum Gasteiger partial charge on any atom is 0.0197 e. The van der Waals surface area contributed by atoms with Gasteiger partial charge >= 0.3 is 0 Å². The van der Waals surface area contributed by atoms with Crippen LogP contribution in [0.15, 0.2) is 95.9 Å². The van der Waals surface area contributed by atoms with E-state index < -0.39 is 0 Å². The second-order valence-corrected chi connectivity index (χ2v) is 18.3. The van der Waals surface area contributed by atoms with Gasteiger partial charge in [0, 0.05) is 4.90 Å². The van der Waals surface area contributed by atoms with E-state index in [1.54, 1.807) is 37.7 Å². The molecule has 8 atom stereocenters. The minimum absolute atomic E-state index is 0.708. The second-order valence-electron chi connectivity index (χ2n) is 17.8. The third-order valence-electron chi connectivity index (χ3n) is 16.0. The van der Waals surface area contributed by atoms with Crippen molar-refractivity contribution in [1.29, 1.82) is 0 Å². The van der Waals surface area contributed by atoms with Crippen LogP contribution in [0.25, 0.3) is 33.4 Å². The van der Waals surface area contributed by atoms with Gasteiger partial charge in [0.1, 0.15) is 0 Å². The molecule has 0 saturated heterocycles. The summed E-state index contributed by atoms with van der Waals surface area (Å²) in [5.74, 6) is 11.0. The van der Waals surface area contributed by atoms with Crippen molar-refractivity contribution in [3.8, 4) is 33.4 Å². The zero-order chi connectivity index (χ0) is 33.3. The second kappa shape index (κ2) is 13.0. The van der Waals surface area contributed by atoms with Gasteiger partial charge in [-0.05, 0) is 168 Å². The van der Waals surface area contributed by atoms with Gasteiger partial charge in [0.15, 0.2) is 0 Å². The summed E-state index contributed by atoms with van der Waals surface area (Å²) in [6, 6.07) is 34.2. The predicted octanol–water partition coefficient (Wildman–Crippen LogP) is 13.7. The highest BCUT2D eigenvalue weighted by Crippen LogP contribution is 2.70. The highest BCUT2D eigenvalue weighted by atomic mass is 32.1. The van der Waals surface area contributed by atoms with E-state index >= 15 is 0 Å². The monoisotopic (exact) mass is 676 g/mol. The van der Waals surface area contributed by atoms with Gasteiger partial charge in [0.2, 0.25) is 0 Å². The van der Waals surface area contributed by atoms with Crippen molar-refractivity contribution < 1.29 is 0 Å². The van der Waals surface area contributed by atoms with Gasteiger partial charge in [-0.25, -0.2) is 0 Å². The first-order valence-electron chi connectivity index (χ1n) is 20.7. The molecule has 0 amide bonds. The Morgan fingerprint density at radius 2 is 0.940 bits per heavy atom. The van der Waals surface area contributed by atoms with E-state index in [1.807, 2.05) is 0 Å². The number of thiol groups is 1. The Morgan fingerprint density at radius 3 is 1.60 bits per heavy atom. The molecule has 6 aliphatic rings.